The molecule has 0 radical (unpaired) electrons. The normalized spacial score (nSPS) is 10.9. The van der Waals surface area contributed by atoms with Gasteiger partial charge in [0, 0.05) is 22.6 Å². The lowest BCUT2D eigenvalue weighted by atomic mass is 10.2. The number of nitrogens with one attached hydrogen (secondary N) is 2. The summed E-state index contributed by atoms with van der Waals surface area (Å²) in [6.45, 7) is 3.92. The van der Waals surface area contributed by atoms with Gasteiger partial charge in [-0.25, -0.2) is 9.67 Å². The molecule has 0 aliphatic heterocycles. The Hall–Kier alpha value is -4.11. The quantitative estimate of drug-likeness (QED) is 0.403. The third-order valence-electron chi connectivity index (χ3n) is 4.89. The van der Waals surface area contributed by atoms with E-state index in [4.69, 9.17) is 0 Å². The van der Waals surface area contributed by atoms with Crippen LogP contribution in [-0.2, 0) is 0 Å². The Morgan fingerprint density at radius 2 is 1.75 bits per heavy atom. The van der Waals surface area contributed by atoms with E-state index in [1.54, 1.807) is 16.3 Å². The maximum atomic E-state index is 12.6. The summed E-state index contributed by atoms with van der Waals surface area (Å²) < 4.78 is 2.75. The average Bonchev–Trinajstić information content (AvgIpc) is 3.40. The van der Waals surface area contributed by atoms with Gasteiger partial charge in [-0.05, 0) is 74.5 Å². The van der Waals surface area contributed by atoms with E-state index >= 15 is 0 Å². The highest BCUT2D eigenvalue weighted by Crippen LogP contribution is 2.21. The predicted molar refractivity (Wildman–Crippen MR) is 126 cm³/mol. The molecule has 3 heterocycles. The van der Waals surface area contributed by atoms with Gasteiger partial charge < -0.3 is 10.6 Å². The second kappa shape index (κ2) is 8.20. The number of hydrogen-bond acceptors (Lipinski definition) is 7. The van der Waals surface area contributed by atoms with Crippen LogP contribution in [0.4, 0.5) is 17.2 Å². The van der Waals surface area contributed by atoms with Gasteiger partial charge in [0.15, 0.2) is 11.6 Å². The number of amides is 1. The molecule has 3 aromatic heterocycles. The number of anilines is 3. The smallest absolute Gasteiger partial charge is 0.255 e. The number of aromatic nitrogens is 5. The summed E-state index contributed by atoms with van der Waals surface area (Å²) in [6, 6.07) is 18.6. The van der Waals surface area contributed by atoms with Crippen molar-refractivity contribution in [2.45, 2.75) is 13.8 Å². The molecule has 1 amide bonds. The number of aryl methyl sites for hydroxylation is 2. The largest absolute Gasteiger partial charge is 0.339 e. The van der Waals surface area contributed by atoms with Crippen molar-refractivity contribution in [1.29, 1.82) is 0 Å². The Morgan fingerprint density at radius 1 is 0.938 bits per heavy atom. The molecule has 0 saturated carbocycles. The Bertz CT molecular complexity index is 1400. The van der Waals surface area contributed by atoms with E-state index in [0.717, 1.165) is 27.3 Å². The van der Waals surface area contributed by atoms with Crippen molar-refractivity contribution in [2.75, 3.05) is 10.6 Å². The number of carbonyl (C=O) groups excluding carboxylic acids is 1. The fourth-order valence-corrected chi connectivity index (χ4v) is 4.07. The van der Waals surface area contributed by atoms with Crippen LogP contribution in [0, 0.1) is 13.8 Å². The number of thiazole rings is 1. The zero-order valence-corrected chi connectivity index (χ0v) is 18.2. The molecule has 8 nitrogen and oxygen atoms in total. The number of hydrogen-bond donors (Lipinski definition) is 2. The third kappa shape index (κ3) is 4.06. The summed E-state index contributed by atoms with van der Waals surface area (Å²) in [4.78, 5) is 16.8. The fourth-order valence-electron chi connectivity index (χ4n) is 3.35. The van der Waals surface area contributed by atoms with Crippen LogP contribution >= 0.6 is 11.3 Å². The molecule has 158 valence electrons. The van der Waals surface area contributed by atoms with E-state index < -0.39 is 0 Å². The highest BCUT2D eigenvalue weighted by molar-refractivity contribution is 7.16. The lowest BCUT2D eigenvalue weighted by Gasteiger charge is -2.09. The molecular formula is C23H19N7OS. The number of carbonyl (C=O) groups is 1. The third-order valence-corrected chi connectivity index (χ3v) is 5.68. The van der Waals surface area contributed by atoms with Crippen LogP contribution in [0.1, 0.15) is 21.7 Å². The van der Waals surface area contributed by atoms with Gasteiger partial charge in [-0.1, -0.05) is 0 Å². The zero-order chi connectivity index (χ0) is 22.1. The van der Waals surface area contributed by atoms with Crippen molar-refractivity contribution in [3.8, 4) is 5.82 Å². The SMILES string of the molecule is Cc1cc(C)n(-c2ccc(Nc3ccc(NC(=O)c4ccc5ncsc5c4)cc3)nn2)n1. The lowest BCUT2D eigenvalue weighted by molar-refractivity contribution is 0.102. The van der Waals surface area contributed by atoms with Crippen LogP contribution < -0.4 is 10.6 Å². The average molecular weight is 442 g/mol. The first-order chi connectivity index (χ1) is 15.5. The van der Waals surface area contributed by atoms with Crippen LogP contribution in [0.3, 0.4) is 0 Å². The molecule has 0 aliphatic carbocycles. The molecule has 0 aliphatic rings. The van der Waals surface area contributed by atoms with E-state index in [0.29, 0.717) is 22.9 Å². The van der Waals surface area contributed by atoms with Crippen molar-refractivity contribution >= 4 is 44.7 Å². The summed E-state index contributed by atoms with van der Waals surface area (Å²) >= 11 is 1.51. The minimum absolute atomic E-state index is 0.161. The van der Waals surface area contributed by atoms with Crippen LogP contribution in [0.2, 0.25) is 0 Å². The van der Waals surface area contributed by atoms with Crippen molar-refractivity contribution in [3.05, 3.63) is 83.1 Å². The highest BCUT2D eigenvalue weighted by atomic mass is 32.1. The van der Waals surface area contributed by atoms with E-state index in [9.17, 15) is 4.79 Å². The van der Waals surface area contributed by atoms with Gasteiger partial charge in [0.25, 0.3) is 5.91 Å². The van der Waals surface area contributed by atoms with Crippen LogP contribution in [0.15, 0.2) is 66.2 Å². The molecule has 0 saturated heterocycles. The highest BCUT2D eigenvalue weighted by Gasteiger charge is 2.09. The predicted octanol–water partition coefficient (Wildman–Crippen LogP) is 4.88. The standard InChI is InChI=1S/C23H19N7OS/c1-14-11-15(2)30(29-14)22-10-9-21(27-28-22)25-17-4-6-18(7-5-17)26-23(31)16-3-8-19-20(12-16)32-13-24-19/h3-13H,1-2H3,(H,25,27)(H,26,31). The molecule has 5 aromatic rings. The van der Waals surface area contributed by atoms with Gasteiger partial charge >= 0.3 is 0 Å². The van der Waals surface area contributed by atoms with Gasteiger partial charge in [-0.3, -0.25) is 4.79 Å². The van der Waals surface area contributed by atoms with Crippen LogP contribution in [0.25, 0.3) is 16.0 Å². The minimum Gasteiger partial charge on any atom is -0.339 e. The lowest BCUT2D eigenvalue weighted by Crippen LogP contribution is -2.11. The van der Waals surface area contributed by atoms with E-state index in [1.807, 2.05) is 68.4 Å². The van der Waals surface area contributed by atoms with E-state index in [1.165, 1.54) is 11.3 Å². The molecule has 5 rings (SSSR count). The van der Waals surface area contributed by atoms with Gasteiger partial charge in [0.05, 0.1) is 21.4 Å². The van der Waals surface area contributed by atoms with Crippen molar-refractivity contribution in [1.82, 2.24) is 25.0 Å². The van der Waals surface area contributed by atoms with E-state index in [2.05, 4.69) is 30.9 Å². The summed E-state index contributed by atoms with van der Waals surface area (Å²) in [5.41, 5.74) is 6.74. The maximum Gasteiger partial charge on any atom is 0.255 e. The first kappa shape index (κ1) is 19.8. The first-order valence-corrected chi connectivity index (χ1v) is 10.8. The Morgan fingerprint density at radius 3 is 2.47 bits per heavy atom. The fraction of sp³-hybridized carbons (Fsp3) is 0.0870. The molecule has 0 atom stereocenters. The minimum atomic E-state index is -0.161. The topological polar surface area (TPSA) is 97.6 Å². The van der Waals surface area contributed by atoms with Crippen molar-refractivity contribution in [3.63, 3.8) is 0 Å². The van der Waals surface area contributed by atoms with Crippen molar-refractivity contribution < 1.29 is 4.79 Å². The first-order valence-electron chi connectivity index (χ1n) is 9.94. The van der Waals surface area contributed by atoms with Gasteiger partial charge in [-0.2, -0.15) is 5.10 Å². The van der Waals surface area contributed by atoms with Gasteiger partial charge in [0.2, 0.25) is 0 Å². The van der Waals surface area contributed by atoms with Gasteiger partial charge in [0.1, 0.15) is 0 Å². The summed E-state index contributed by atoms with van der Waals surface area (Å²) in [7, 11) is 0. The maximum absolute atomic E-state index is 12.6. The molecule has 2 aromatic carbocycles. The summed E-state index contributed by atoms with van der Waals surface area (Å²) in [5, 5.41) is 19.0. The van der Waals surface area contributed by atoms with Crippen LogP contribution in [-0.4, -0.2) is 30.9 Å². The molecule has 0 fully saturated rings. The second-order valence-corrected chi connectivity index (χ2v) is 8.19. The van der Waals surface area contributed by atoms with E-state index in [-0.39, 0.29) is 5.91 Å². The zero-order valence-electron chi connectivity index (χ0n) is 17.4. The molecule has 0 bridgehead atoms. The number of rotatable bonds is 5. The summed E-state index contributed by atoms with van der Waals surface area (Å²) in [5.74, 6) is 1.12. The molecule has 0 unspecified atom stereocenters. The summed E-state index contributed by atoms with van der Waals surface area (Å²) in [6.07, 6.45) is 0. The van der Waals surface area contributed by atoms with Crippen molar-refractivity contribution in [2.24, 2.45) is 0 Å². The Labute approximate surface area is 188 Å². The van der Waals surface area contributed by atoms with Crippen LogP contribution in [0.5, 0.6) is 0 Å². The molecule has 0 spiro atoms. The van der Waals surface area contributed by atoms with Gasteiger partial charge in [-0.15, -0.1) is 21.5 Å². The number of fused-ring (bicyclic) bond motifs is 1. The Kier molecular flexibility index (Phi) is 5.08. The molecule has 32 heavy (non-hydrogen) atoms. The molecule has 2 N–H and O–H groups in total. The number of nitrogens with zero attached hydrogens (tertiary/aromatic N) is 5. The number of benzene rings is 2. The molecule has 9 heteroatoms. The second-order valence-electron chi connectivity index (χ2n) is 7.31. The molecular weight excluding hydrogens is 422 g/mol. The Balaban J connectivity index is 1.24. The monoisotopic (exact) mass is 441 g/mol.